The van der Waals surface area contributed by atoms with Crippen molar-refractivity contribution in [3.63, 3.8) is 0 Å². The molecule has 0 saturated heterocycles. The van der Waals surface area contributed by atoms with Crippen LogP contribution in [0.15, 0.2) is 29.3 Å². The molecule has 6 nitrogen and oxygen atoms in total. The van der Waals surface area contributed by atoms with Crippen molar-refractivity contribution in [2.45, 2.75) is 17.7 Å². The van der Waals surface area contributed by atoms with Crippen molar-refractivity contribution in [1.82, 2.24) is 4.57 Å². The van der Waals surface area contributed by atoms with Crippen molar-refractivity contribution >= 4 is 21.6 Å². The summed E-state index contributed by atoms with van der Waals surface area (Å²) < 4.78 is 55.6. The summed E-state index contributed by atoms with van der Waals surface area (Å²) in [5, 5.41) is 0. The number of benzene rings is 1. The Bertz CT molecular complexity index is 938. The lowest BCUT2D eigenvalue weighted by molar-refractivity contribution is 0.0992. The van der Waals surface area contributed by atoms with E-state index < -0.39 is 27.6 Å². The number of carbonyl (C=O) groups is 1. The standard InChI is InChI=1S/C15H15F2N3O3S/c1-19-8-11(7-13(19)15(18)21)24(22,23)20-4-2-3-9-5-10(16)6-12(17)14(9)20/h5-8H,2-4H2,1H3,(H2,18,21). The molecule has 9 heteroatoms. The van der Waals surface area contributed by atoms with Gasteiger partial charge in [0.25, 0.3) is 15.9 Å². The zero-order chi connectivity index (χ0) is 17.6. The largest absolute Gasteiger partial charge is 0.364 e. The number of hydrogen-bond acceptors (Lipinski definition) is 3. The molecule has 2 aromatic rings. The Morgan fingerprint density at radius 2 is 1.96 bits per heavy atom. The van der Waals surface area contributed by atoms with Crippen LogP contribution >= 0.6 is 0 Å². The summed E-state index contributed by atoms with van der Waals surface area (Å²) in [6, 6.07) is 2.94. The molecule has 0 spiro atoms. The van der Waals surface area contributed by atoms with Gasteiger partial charge < -0.3 is 10.3 Å². The molecule has 1 aliphatic rings. The molecule has 1 aliphatic heterocycles. The highest BCUT2D eigenvalue weighted by Gasteiger charge is 2.33. The van der Waals surface area contributed by atoms with Crippen molar-refractivity contribution in [2.24, 2.45) is 12.8 Å². The highest BCUT2D eigenvalue weighted by molar-refractivity contribution is 7.92. The van der Waals surface area contributed by atoms with E-state index in [2.05, 4.69) is 0 Å². The molecule has 2 heterocycles. The van der Waals surface area contributed by atoms with Gasteiger partial charge in [0.2, 0.25) is 0 Å². The van der Waals surface area contributed by atoms with Gasteiger partial charge in [0.05, 0.1) is 5.69 Å². The lowest BCUT2D eigenvalue weighted by Gasteiger charge is -2.30. The summed E-state index contributed by atoms with van der Waals surface area (Å²) in [4.78, 5) is 11.1. The third-order valence-corrected chi connectivity index (χ3v) is 5.75. The van der Waals surface area contributed by atoms with E-state index in [4.69, 9.17) is 5.73 Å². The molecular weight excluding hydrogens is 340 g/mol. The van der Waals surface area contributed by atoms with E-state index in [9.17, 15) is 22.0 Å². The molecule has 0 radical (unpaired) electrons. The van der Waals surface area contributed by atoms with Gasteiger partial charge in [0, 0.05) is 25.9 Å². The third-order valence-electron chi connectivity index (χ3n) is 3.98. The highest BCUT2D eigenvalue weighted by atomic mass is 32.2. The monoisotopic (exact) mass is 355 g/mol. The second-order valence-corrected chi connectivity index (χ2v) is 7.47. The van der Waals surface area contributed by atoms with Crippen LogP contribution in [0.2, 0.25) is 0 Å². The molecule has 24 heavy (non-hydrogen) atoms. The summed E-state index contributed by atoms with van der Waals surface area (Å²) >= 11 is 0. The van der Waals surface area contributed by atoms with Gasteiger partial charge in [-0.2, -0.15) is 0 Å². The number of halogens is 2. The average Bonchev–Trinajstić information content (AvgIpc) is 2.89. The summed E-state index contributed by atoms with van der Waals surface area (Å²) in [6.45, 7) is 0.0681. The number of nitrogens with two attached hydrogens (primary N) is 1. The number of nitrogens with zero attached hydrogens (tertiary/aromatic N) is 2. The normalized spacial score (nSPS) is 14.5. The topological polar surface area (TPSA) is 85.4 Å². The summed E-state index contributed by atoms with van der Waals surface area (Å²) in [5.41, 5.74) is 5.37. The molecule has 2 N–H and O–H groups in total. The number of hydrogen-bond donors (Lipinski definition) is 1. The molecule has 0 atom stereocenters. The second-order valence-electron chi connectivity index (χ2n) is 5.61. The van der Waals surface area contributed by atoms with Gasteiger partial charge in [0.1, 0.15) is 16.4 Å². The number of primary amides is 1. The lowest BCUT2D eigenvalue weighted by atomic mass is 10.0. The van der Waals surface area contributed by atoms with Crippen LogP contribution in [0.5, 0.6) is 0 Å². The molecule has 0 bridgehead atoms. The molecular formula is C15H15F2N3O3S. The molecule has 3 rings (SSSR count). The first-order valence-electron chi connectivity index (χ1n) is 7.18. The Morgan fingerprint density at radius 3 is 2.58 bits per heavy atom. The number of aromatic nitrogens is 1. The fourth-order valence-corrected chi connectivity index (χ4v) is 4.52. The first kappa shape index (κ1) is 16.4. The Kier molecular flexibility index (Phi) is 3.83. The summed E-state index contributed by atoms with van der Waals surface area (Å²) in [6.07, 6.45) is 2.06. The fraction of sp³-hybridized carbons (Fsp3) is 0.267. The van der Waals surface area contributed by atoms with Crippen LogP contribution in [-0.2, 0) is 23.5 Å². The highest BCUT2D eigenvalue weighted by Crippen LogP contribution is 2.35. The van der Waals surface area contributed by atoms with E-state index in [0.29, 0.717) is 24.5 Å². The third kappa shape index (κ3) is 2.54. The van der Waals surface area contributed by atoms with E-state index >= 15 is 0 Å². The molecule has 0 fully saturated rings. The molecule has 0 aliphatic carbocycles. The smallest absolute Gasteiger partial charge is 0.265 e. The number of amides is 1. The Morgan fingerprint density at radius 1 is 1.25 bits per heavy atom. The van der Waals surface area contributed by atoms with Gasteiger partial charge in [-0.05, 0) is 30.5 Å². The molecule has 0 saturated carbocycles. The van der Waals surface area contributed by atoms with Crippen LogP contribution in [0.4, 0.5) is 14.5 Å². The van der Waals surface area contributed by atoms with Crippen LogP contribution in [0, 0.1) is 11.6 Å². The maximum absolute atomic E-state index is 14.2. The van der Waals surface area contributed by atoms with Crippen molar-refractivity contribution in [1.29, 1.82) is 0 Å². The van der Waals surface area contributed by atoms with E-state index in [1.807, 2.05) is 0 Å². The van der Waals surface area contributed by atoms with Crippen LogP contribution in [0.25, 0.3) is 0 Å². The SMILES string of the molecule is Cn1cc(S(=O)(=O)N2CCCc3cc(F)cc(F)c32)cc1C(N)=O. The number of sulfonamides is 1. The van der Waals surface area contributed by atoms with Gasteiger partial charge in [-0.25, -0.2) is 17.2 Å². The predicted octanol–water partition coefficient (Wildman–Crippen LogP) is 1.54. The zero-order valence-corrected chi connectivity index (χ0v) is 13.6. The van der Waals surface area contributed by atoms with Crippen LogP contribution in [-0.4, -0.2) is 25.4 Å². The van der Waals surface area contributed by atoms with Crippen LogP contribution in [0.1, 0.15) is 22.5 Å². The number of carbonyl (C=O) groups excluding carboxylic acids is 1. The van der Waals surface area contributed by atoms with Crippen LogP contribution < -0.4 is 10.0 Å². The fourth-order valence-electron chi connectivity index (χ4n) is 2.90. The van der Waals surface area contributed by atoms with Gasteiger partial charge in [0.15, 0.2) is 5.82 Å². The summed E-state index contributed by atoms with van der Waals surface area (Å²) in [5.74, 6) is -2.45. The minimum atomic E-state index is -4.10. The van der Waals surface area contributed by atoms with E-state index in [-0.39, 0.29) is 22.8 Å². The van der Waals surface area contributed by atoms with Gasteiger partial charge in [-0.15, -0.1) is 0 Å². The lowest BCUT2D eigenvalue weighted by Crippen LogP contribution is -2.36. The second kappa shape index (κ2) is 5.59. The van der Waals surface area contributed by atoms with Gasteiger partial charge in [-0.1, -0.05) is 0 Å². The van der Waals surface area contributed by atoms with Gasteiger partial charge >= 0.3 is 0 Å². The van der Waals surface area contributed by atoms with E-state index in [0.717, 1.165) is 16.4 Å². The number of aryl methyl sites for hydroxylation is 2. The number of anilines is 1. The molecule has 1 aromatic carbocycles. The van der Waals surface area contributed by atoms with Crippen molar-refractivity contribution < 1.29 is 22.0 Å². The van der Waals surface area contributed by atoms with Crippen molar-refractivity contribution in [2.75, 3.05) is 10.8 Å². The number of rotatable bonds is 3. The first-order valence-corrected chi connectivity index (χ1v) is 8.62. The maximum atomic E-state index is 14.2. The Hall–Kier alpha value is -2.42. The average molecular weight is 355 g/mol. The first-order chi connectivity index (χ1) is 11.2. The van der Waals surface area contributed by atoms with Gasteiger partial charge in [-0.3, -0.25) is 9.10 Å². The molecule has 1 aromatic heterocycles. The maximum Gasteiger partial charge on any atom is 0.265 e. The van der Waals surface area contributed by atoms with Crippen molar-refractivity contribution in [3.05, 3.63) is 47.3 Å². The van der Waals surface area contributed by atoms with E-state index in [1.54, 1.807) is 0 Å². The molecule has 1 amide bonds. The summed E-state index contributed by atoms with van der Waals surface area (Å²) in [7, 11) is -2.62. The molecule has 128 valence electrons. The Labute approximate surface area is 137 Å². The predicted molar refractivity (Wildman–Crippen MR) is 83.1 cm³/mol. The van der Waals surface area contributed by atoms with E-state index in [1.165, 1.54) is 17.8 Å². The zero-order valence-electron chi connectivity index (χ0n) is 12.8. The Balaban J connectivity index is 2.13. The minimum Gasteiger partial charge on any atom is -0.364 e. The van der Waals surface area contributed by atoms with Crippen LogP contribution in [0.3, 0.4) is 0 Å². The minimum absolute atomic E-state index is 0.0189. The number of fused-ring (bicyclic) bond motifs is 1. The molecule has 0 unspecified atom stereocenters. The quantitative estimate of drug-likeness (QED) is 0.906. The van der Waals surface area contributed by atoms with Crippen molar-refractivity contribution in [3.8, 4) is 0 Å².